The van der Waals surface area contributed by atoms with Crippen LogP contribution in [0.3, 0.4) is 0 Å². The summed E-state index contributed by atoms with van der Waals surface area (Å²) < 4.78 is 0. The fourth-order valence-corrected chi connectivity index (χ4v) is 0.870. The predicted molar refractivity (Wildman–Crippen MR) is 43.1 cm³/mol. The minimum absolute atomic E-state index is 0.234. The Balaban J connectivity index is 3.16. The van der Waals surface area contributed by atoms with Crippen molar-refractivity contribution in [2.45, 2.75) is 19.8 Å². The van der Waals surface area contributed by atoms with Crippen LogP contribution in [0.15, 0.2) is 0 Å². The summed E-state index contributed by atoms with van der Waals surface area (Å²) in [5, 5.41) is 0.708. The van der Waals surface area contributed by atoms with Crippen molar-refractivity contribution < 1.29 is 4.79 Å². The Labute approximate surface area is 68.9 Å². The van der Waals surface area contributed by atoms with Crippen molar-refractivity contribution in [1.29, 1.82) is 0 Å². The minimum Gasteiger partial charge on any atom is -0.281 e. The highest BCUT2D eigenvalue weighted by molar-refractivity contribution is 9.09. The highest BCUT2D eigenvalue weighted by atomic mass is 79.9. The zero-order valence-electron chi connectivity index (χ0n) is 5.36. The fraction of sp³-hybridized carbons (Fsp3) is 0.833. The Hall–Kier alpha value is 0.440. The Morgan fingerprint density at radius 2 is 2.33 bits per heavy atom. The molecule has 1 atom stereocenters. The first kappa shape index (κ1) is 9.44. The van der Waals surface area contributed by atoms with Gasteiger partial charge >= 0.3 is 0 Å². The lowest BCUT2D eigenvalue weighted by Gasteiger charge is -2.02. The van der Waals surface area contributed by atoms with E-state index < -0.39 is 0 Å². The molecule has 0 heterocycles. The van der Waals surface area contributed by atoms with Crippen LogP contribution in [0.25, 0.3) is 0 Å². The Bertz CT molecular complexity index is 95.1. The lowest BCUT2D eigenvalue weighted by molar-refractivity contribution is -0.111. The summed E-state index contributed by atoms with van der Waals surface area (Å²) in [6.07, 6.45) is 1.38. The van der Waals surface area contributed by atoms with Gasteiger partial charge in [0, 0.05) is 11.8 Å². The third kappa shape index (κ3) is 6.32. The second-order valence-electron chi connectivity index (χ2n) is 2.15. The molecule has 1 nitrogen and oxygen atoms in total. The smallest absolute Gasteiger partial charge is 0.221 e. The van der Waals surface area contributed by atoms with Gasteiger partial charge in [-0.3, -0.25) is 4.79 Å². The van der Waals surface area contributed by atoms with E-state index in [9.17, 15) is 4.79 Å². The van der Waals surface area contributed by atoms with Crippen molar-refractivity contribution in [2.24, 2.45) is 5.92 Å². The summed E-state index contributed by atoms with van der Waals surface area (Å²) in [5.41, 5.74) is 0. The molecule has 0 saturated carbocycles. The van der Waals surface area contributed by atoms with Crippen molar-refractivity contribution in [3.05, 3.63) is 0 Å². The van der Waals surface area contributed by atoms with Gasteiger partial charge in [-0.2, -0.15) is 0 Å². The molecule has 54 valence electrons. The van der Waals surface area contributed by atoms with Gasteiger partial charge in [-0.25, -0.2) is 0 Å². The van der Waals surface area contributed by atoms with E-state index in [4.69, 9.17) is 11.6 Å². The lowest BCUT2D eigenvalue weighted by atomic mass is 10.1. The Morgan fingerprint density at radius 1 is 1.78 bits per heavy atom. The van der Waals surface area contributed by atoms with Crippen LogP contribution < -0.4 is 0 Å². The lowest BCUT2D eigenvalue weighted by Crippen LogP contribution is -1.97. The van der Waals surface area contributed by atoms with Gasteiger partial charge in [0.25, 0.3) is 0 Å². The molecule has 0 spiro atoms. The summed E-state index contributed by atoms with van der Waals surface area (Å²) >= 11 is 8.44. The van der Waals surface area contributed by atoms with Crippen molar-refractivity contribution >= 4 is 32.8 Å². The van der Waals surface area contributed by atoms with E-state index in [1.165, 1.54) is 0 Å². The highest BCUT2D eigenvalue weighted by Gasteiger charge is 2.01. The first-order chi connectivity index (χ1) is 4.16. The summed E-state index contributed by atoms with van der Waals surface area (Å²) in [7, 11) is 0. The predicted octanol–water partition coefficient (Wildman–Crippen LogP) is 2.56. The maximum atomic E-state index is 10.2. The summed E-state index contributed by atoms with van der Waals surface area (Å²) in [4.78, 5) is 10.2. The van der Waals surface area contributed by atoms with E-state index in [2.05, 4.69) is 22.9 Å². The van der Waals surface area contributed by atoms with Crippen LogP contribution >= 0.6 is 27.5 Å². The van der Waals surface area contributed by atoms with E-state index in [1.807, 2.05) is 0 Å². The molecular weight excluding hydrogens is 203 g/mol. The molecule has 0 aliphatic heterocycles. The van der Waals surface area contributed by atoms with Crippen molar-refractivity contribution in [3.63, 3.8) is 0 Å². The zero-order valence-corrected chi connectivity index (χ0v) is 7.70. The van der Waals surface area contributed by atoms with Crippen molar-refractivity contribution in [2.75, 3.05) is 5.33 Å². The standard InChI is InChI=1S/C6H10BrClO/c1-5(4-7)2-3-6(8)9/h5H,2-4H2,1H3. The maximum absolute atomic E-state index is 10.2. The molecule has 1 unspecified atom stereocenters. The van der Waals surface area contributed by atoms with E-state index in [0.717, 1.165) is 11.8 Å². The molecule has 0 radical (unpaired) electrons. The molecule has 0 saturated heterocycles. The molecule has 0 aromatic rings. The first-order valence-corrected chi connectivity index (χ1v) is 4.41. The molecule has 0 bridgehead atoms. The van der Waals surface area contributed by atoms with E-state index in [1.54, 1.807) is 0 Å². The van der Waals surface area contributed by atoms with Gasteiger partial charge in [0.15, 0.2) is 0 Å². The Kier molecular flexibility index (Phi) is 5.50. The number of hydrogen-bond donors (Lipinski definition) is 0. The van der Waals surface area contributed by atoms with Crippen LogP contribution in [0.2, 0.25) is 0 Å². The molecule has 0 N–H and O–H groups in total. The molecule has 9 heavy (non-hydrogen) atoms. The van der Waals surface area contributed by atoms with E-state index in [-0.39, 0.29) is 5.24 Å². The number of rotatable bonds is 4. The van der Waals surface area contributed by atoms with Gasteiger partial charge < -0.3 is 0 Å². The summed E-state index contributed by atoms with van der Waals surface area (Å²) in [6, 6.07) is 0. The third-order valence-corrected chi connectivity index (χ3v) is 2.39. The molecule has 0 aliphatic carbocycles. The summed E-state index contributed by atoms with van der Waals surface area (Å²) in [6.45, 7) is 2.08. The normalized spacial score (nSPS) is 13.2. The molecule has 0 aliphatic rings. The molecule has 0 aromatic carbocycles. The molecule has 0 rings (SSSR count). The van der Waals surface area contributed by atoms with Crippen LogP contribution in [-0.2, 0) is 4.79 Å². The van der Waals surface area contributed by atoms with Gasteiger partial charge in [0.2, 0.25) is 5.24 Å². The van der Waals surface area contributed by atoms with Gasteiger partial charge in [-0.05, 0) is 23.9 Å². The number of carbonyl (C=O) groups is 1. The van der Waals surface area contributed by atoms with E-state index in [0.29, 0.717) is 12.3 Å². The van der Waals surface area contributed by atoms with Gasteiger partial charge in [0.1, 0.15) is 0 Å². The molecule has 0 fully saturated rings. The van der Waals surface area contributed by atoms with Crippen LogP contribution in [0.1, 0.15) is 19.8 Å². The van der Waals surface area contributed by atoms with E-state index >= 15 is 0 Å². The topological polar surface area (TPSA) is 17.1 Å². The van der Waals surface area contributed by atoms with Crippen LogP contribution in [0, 0.1) is 5.92 Å². The largest absolute Gasteiger partial charge is 0.281 e. The molecule has 3 heteroatoms. The van der Waals surface area contributed by atoms with Crippen LogP contribution in [0.5, 0.6) is 0 Å². The second kappa shape index (κ2) is 5.24. The number of carbonyl (C=O) groups excluding carboxylic acids is 1. The third-order valence-electron chi connectivity index (χ3n) is 1.10. The quantitative estimate of drug-likeness (QED) is 0.518. The van der Waals surface area contributed by atoms with Gasteiger partial charge in [-0.1, -0.05) is 22.9 Å². The minimum atomic E-state index is -0.234. The number of alkyl halides is 1. The average molecular weight is 214 g/mol. The van der Waals surface area contributed by atoms with Crippen molar-refractivity contribution in [1.82, 2.24) is 0 Å². The number of halogens is 2. The molecule has 0 amide bonds. The highest BCUT2D eigenvalue weighted by Crippen LogP contribution is 2.09. The maximum Gasteiger partial charge on any atom is 0.221 e. The van der Waals surface area contributed by atoms with Crippen molar-refractivity contribution in [3.8, 4) is 0 Å². The molecular formula is C6H10BrClO. The average Bonchev–Trinajstić information content (AvgIpc) is 1.83. The SMILES string of the molecule is CC(CBr)CCC(=O)Cl. The first-order valence-electron chi connectivity index (χ1n) is 2.91. The summed E-state index contributed by atoms with van der Waals surface area (Å²) in [5.74, 6) is 0.549. The Morgan fingerprint density at radius 3 is 2.67 bits per heavy atom. The van der Waals surface area contributed by atoms with Gasteiger partial charge in [-0.15, -0.1) is 0 Å². The number of hydrogen-bond acceptors (Lipinski definition) is 1. The monoisotopic (exact) mass is 212 g/mol. The second-order valence-corrected chi connectivity index (χ2v) is 3.22. The fourth-order valence-electron chi connectivity index (χ4n) is 0.437. The zero-order chi connectivity index (χ0) is 7.28. The van der Waals surface area contributed by atoms with Crippen LogP contribution in [-0.4, -0.2) is 10.6 Å². The molecule has 0 aromatic heterocycles. The van der Waals surface area contributed by atoms with Crippen LogP contribution in [0.4, 0.5) is 0 Å². The van der Waals surface area contributed by atoms with Gasteiger partial charge in [0.05, 0.1) is 0 Å².